The summed E-state index contributed by atoms with van der Waals surface area (Å²) in [6.45, 7) is 8.29. The van der Waals surface area contributed by atoms with Crippen LogP contribution in [0, 0.1) is 0 Å². The lowest BCUT2D eigenvalue weighted by Gasteiger charge is -2.20. The van der Waals surface area contributed by atoms with Gasteiger partial charge in [-0.25, -0.2) is 0 Å². The van der Waals surface area contributed by atoms with E-state index in [-0.39, 0.29) is 11.2 Å². The Bertz CT molecular complexity index is 618. The van der Waals surface area contributed by atoms with Gasteiger partial charge in [0.15, 0.2) is 0 Å². The van der Waals surface area contributed by atoms with E-state index < -0.39 is 0 Å². The van der Waals surface area contributed by atoms with Crippen LogP contribution in [-0.2, 0) is 16.6 Å². The Morgan fingerprint density at radius 2 is 1.55 bits per heavy atom. The molecule has 0 saturated heterocycles. The van der Waals surface area contributed by atoms with Gasteiger partial charge in [0.05, 0.1) is 0 Å². The van der Waals surface area contributed by atoms with Crippen LogP contribution in [0.3, 0.4) is 0 Å². The number of hydrogen-bond donors (Lipinski definition) is 0. The molecule has 0 atom stereocenters. The van der Waals surface area contributed by atoms with Crippen LogP contribution >= 0.6 is 0 Å². The third-order valence-corrected chi connectivity index (χ3v) is 3.44. The minimum absolute atomic E-state index is 0.146. The van der Waals surface area contributed by atoms with Crippen molar-refractivity contribution in [3.05, 3.63) is 59.7 Å². The summed E-state index contributed by atoms with van der Waals surface area (Å²) < 4.78 is 0. The minimum Gasteiger partial charge on any atom is -0.300 e. The SMILES string of the molecule is CC(=O)Cc1cccc(-c2cccc(C(C)(C)C)c2)c1. The van der Waals surface area contributed by atoms with E-state index >= 15 is 0 Å². The smallest absolute Gasteiger partial charge is 0.134 e. The van der Waals surface area contributed by atoms with Gasteiger partial charge in [0.2, 0.25) is 0 Å². The fourth-order valence-corrected chi connectivity index (χ4v) is 2.31. The second-order valence-electron chi connectivity index (χ2n) is 6.41. The normalized spacial score (nSPS) is 11.4. The summed E-state index contributed by atoms with van der Waals surface area (Å²) in [5.41, 5.74) is 4.94. The average Bonchev–Trinajstić information content (AvgIpc) is 2.37. The number of hydrogen-bond acceptors (Lipinski definition) is 1. The molecule has 0 unspecified atom stereocenters. The van der Waals surface area contributed by atoms with Crippen molar-refractivity contribution in [3.63, 3.8) is 0 Å². The van der Waals surface area contributed by atoms with Gasteiger partial charge in [0.25, 0.3) is 0 Å². The first-order valence-corrected chi connectivity index (χ1v) is 7.05. The Hall–Kier alpha value is -1.89. The zero-order valence-electron chi connectivity index (χ0n) is 12.7. The number of benzene rings is 2. The fourth-order valence-electron chi connectivity index (χ4n) is 2.31. The van der Waals surface area contributed by atoms with Crippen molar-refractivity contribution in [2.45, 2.75) is 39.5 Å². The molecule has 0 amide bonds. The van der Waals surface area contributed by atoms with Crippen LogP contribution in [0.15, 0.2) is 48.5 Å². The largest absolute Gasteiger partial charge is 0.300 e. The van der Waals surface area contributed by atoms with Crippen LogP contribution in [-0.4, -0.2) is 5.78 Å². The predicted octanol–water partition coefficient (Wildman–Crippen LogP) is 4.78. The maximum absolute atomic E-state index is 11.2. The highest BCUT2D eigenvalue weighted by Crippen LogP contribution is 2.28. The molecule has 0 saturated carbocycles. The van der Waals surface area contributed by atoms with Crippen LogP contribution in [0.25, 0.3) is 11.1 Å². The van der Waals surface area contributed by atoms with Gasteiger partial charge in [-0.05, 0) is 34.6 Å². The van der Waals surface area contributed by atoms with Crippen LogP contribution in [0.1, 0.15) is 38.8 Å². The Morgan fingerprint density at radius 1 is 0.950 bits per heavy atom. The molecule has 0 aliphatic heterocycles. The zero-order valence-corrected chi connectivity index (χ0v) is 12.7. The first-order valence-electron chi connectivity index (χ1n) is 7.05. The molecule has 0 aliphatic carbocycles. The Kier molecular flexibility index (Phi) is 4.08. The molecule has 0 radical (unpaired) electrons. The highest BCUT2D eigenvalue weighted by Gasteiger charge is 2.14. The van der Waals surface area contributed by atoms with Gasteiger partial charge >= 0.3 is 0 Å². The lowest BCUT2D eigenvalue weighted by atomic mass is 9.85. The summed E-state index contributed by atoms with van der Waals surface area (Å²) in [5, 5.41) is 0. The van der Waals surface area contributed by atoms with Crippen molar-refractivity contribution in [1.29, 1.82) is 0 Å². The van der Waals surface area contributed by atoms with Gasteiger partial charge in [-0.3, -0.25) is 4.79 Å². The van der Waals surface area contributed by atoms with Gasteiger partial charge in [-0.2, -0.15) is 0 Å². The maximum Gasteiger partial charge on any atom is 0.134 e. The van der Waals surface area contributed by atoms with E-state index in [4.69, 9.17) is 0 Å². The number of rotatable bonds is 3. The van der Waals surface area contributed by atoms with Crippen molar-refractivity contribution in [3.8, 4) is 11.1 Å². The summed E-state index contributed by atoms with van der Waals surface area (Å²) in [7, 11) is 0. The number of carbonyl (C=O) groups is 1. The molecule has 1 heteroatoms. The van der Waals surface area contributed by atoms with Gasteiger partial charge in [0.1, 0.15) is 5.78 Å². The van der Waals surface area contributed by atoms with Gasteiger partial charge < -0.3 is 0 Å². The minimum atomic E-state index is 0.146. The molecule has 0 spiro atoms. The highest BCUT2D eigenvalue weighted by molar-refractivity contribution is 5.79. The zero-order chi connectivity index (χ0) is 14.8. The molecule has 2 rings (SSSR count). The molecule has 2 aromatic rings. The van der Waals surface area contributed by atoms with E-state index in [2.05, 4.69) is 57.2 Å². The third-order valence-electron chi connectivity index (χ3n) is 3.44. The fraction of sp³-hybridized carbons (Fsp3) is 0.316. The molecule has 0 heterocycles. The summed E-state index contributed by atoms with van der Waals surface area (Å²) in [5.74, 6) is 0.200. The van der Waals surface area contributed by atoms with Crippen molar-refractivity contribution >= 4 is 5.78 Å². The average molecular weight is 266 g/mol. The van der Waals surface area contributed by atoms with Crippen molar-refractivity contribution in [2.24, 2.45) is 0 Å². The molecule has 0 fully saturated rings. The summed E-state index contributed by atoms with van der Waals surface area (Å²) >= 11 is 0. The molecule has 104 valence electrons. The lowest BCUT2D eigenvalue weighted by molar-refractivity contribution is -0.116. The van der Waals surface area contributed by atoms with E-state index in [1.54, 1.807) is 6.92 Å². The second kappa shape index (κ2) is 5.62. The van der Waals surface area contributed by atoms with Crippen LogP contribution in [0.5, 0.6) is 0 Å². The topological polar surface area (TPSA) is 17.1 Å². The molecule has 0 aliphatic rings. The third kappa shape index (κ3) is 3.57. The molecule has 0 N–H and O–H groups in total. The summed E-state index contributed by atoms with van der Waals surface area (Å²) in [4.78, 5) is 11.2. The lowest BCUT2D eigenvalue weighted by Crippen LogP contribution is -2.10. The standard InChI is InChI=1S/C19H22O/c1-14(20)11-15-7-5-8-16(12-15)17-9-6-10-18(13-17)19(2,3)4/h5-10,12-13H,11H2,1-4H3. The molecule has 0 aromatic heterocycles. The van der Waals surface area contributed by atoms with E-state index in [0.717, 1.165) is 5.56 Å². The quantitative estimate of drug-likeness (QED) is 0.781. The first-order chi connectivity index (χ1) is 9.36. The summed E-state index contributed by atoms with van der Waals surface area (Å²) in [6.07, 6.45) is 0.507. The Balaban J connectivity index is 2.39. The number of ketones is 1. The van der Waals surface area contributed by atoms with Crippen LogP contribution < -0.4 is 0 Å². The molecule has 0 bridgehead atoms. The van der Waals surface area contributed by atoms with E-state index in [9.17, 15) is 4.79 Å². The molecule has 2 aromatic carbocycles. The van der Waals surface area contributed by atoms with E-state index in [1.807, 2.05) is 12.1 Å². The second-order valence-corrected chi connectivity index (χ2v) is 6.41. The summed E-state index contributed by atoms with van der Waals surface area (Å²) in [6, 6.07) is 16.9. The monoisotopic (exact) mass is 266 g/mol. The van der Waals surface area contributed by atoms with Crippen molar-refractivity contribution < 1.29 is 4.79 Å². The molecule has 20 heavy (non-hydrogen) atoms. The number of carbonyl (C=O) groups excluding carboxylic acids is 1. The van der Waals surface area contributed by atoms with Gasteiger partial charge in [-0.15, -0.1) is 0 Å². The van der Waals surface area contributed by atoms with Crippen LogP contribution in [0.4, 0.5) is 0 Å². The van der Waals surface area contributed by atoms with Crippen LogP contribution in [0.2, 0.25) is 0 Å². The van der Waals surface area contributed by atoms with Gasteiger partial charge in [0, 0.05) is 6.42 Å². The Morgan fingerprint density at radius 3 is 2.15 bits per heavy atom. The predicted molar refractivity (Wildman–Crippen MR) is 85.0 cm³/mol. The van der Waals surface area contributed by atoms with Crippen molar-refractivity contribution in [2.75, 3.05) is 0 Å². The highest BCUT2D eigenvalue weighted by atomic mass is 16.1. The molecule has 1 nitrogen and oxygen atoms in total. The molecular formula is C19H22O. The maximum atomic E-state index is 11.2. The van der Waals surface area contributed by atoms with E-state index in [1.165, 1.54) is 16.7 Å². The van der Waals surface area contributed by atoms with Crippen molar-refractivity contribution in [1.82, 2.24) is 0 Å². The number of Topliss-reactive ketones (excluding diaryl/α,β-unsaturated/α-hetero) is 1. The first kappa shape index (κ1) is 14.5. The van der Waals surface area contributed by atoms with E-state index in [0.29, 0.717) is 6.42 Å². The molecular weight excluding hydrogens is 244 g/mol. The van der Waals surface area contributed by atoms with Gasteiger partial charge in [-0.1, -0.05) is 69.3 Å². The Labute approximate surface area is 121 Å².